The number of aliphatic carboxylic acids is 1. The molecule has 1 aromatic heterocycles. The molecule has 1 aliphatic rings. The molecule has 1 saturated heterocycles. The molecule has 2 heterocycles. The normalized spacial score (nSPS) is 17.2. The molecule has 2 rings (SSSR count). The molecular weight excluding hydrogens is 226 g/mol. The first kappa shape index (κ1) is 11.5. The Morgan fingerprint density at radius 3 is 2.88 bits per heavy atom. The summed E-state index contributed by atoms with van der Waals surface area (Å²) in [5.74, 6) is -1.62. The van der Waals surface area contributed by atoms with E-state index in [4.69, 9.17) is 5.11 Å². The number of aromatic nitrogens is 3. The number of amides is 1. The second-order valence-corrected chi connectivity index (χ2v) is 3.93. The van der Waals surface area contributed by atoms with Crippen LogP contribution in [0.3, 0.4) is 0 Å². The van der Waals surface area contributed by atoms with Gasteiger partial charge in [-0.2, -0.15) is 0 Å². The quantitative estimate of drug-likeness (QED) is 0.597. The lowest BCUT2D eigenvalue weighted by Crippen LogP contribution is -2.43. The predicted octanol–water partition coefficient (Wildman–Crippen LogP) is -1.37. The molecule has 0 aliphatic carbocycles. The van der Waals surface area contributed by atoms with E-state index in [1.165, 1.54) is 13.1 Å². The lowest BCUT2D eigenvalue weighted by Gasteiger charge is -2.26. The fourth-order valence-electron chi connectivity index (χ4n) is 1.35. The zero-order chi connectivity index (χ0) is 12.4. The number of carbonyl (C=O) groups excluding carboxylic acids is 1. The zero-order valence-electron chi connectivity index (χ0n) is 9.25. The number of rotatable bonds is 4. The van der Waals surface area contributed by atoms with Crippen molar-refractivity contribution in [2.45, 2.75) is 19.0 Å². The Kier molecular flexibility index (Phi) is 3.05. The van der Waals surface area contributed by atoms with Crippen molar-refractivity contribution in [1.82, 2.24) is 25.6 Å². The van der Waals surface area contributed by atoms with E-state index in [0.29, 0.717) is 0 Å². The summed E-state index contributed by atoms with van der Waals surface area (Å²) in [5.41, 5.74) is 0.130. The van der Waals surface area contributed by atoms with E-state index >= 15 is 0 Å². The summed E-state index contributed by atoms with van der Waals surface area (Å²) in [6.45, 7) is 2.99. The third-order valence-electron chi connectivity index (χ3n) is 2.59. The largest absolute Gasteiger partial charge is 0.480 e. The average molecular weight is 239 g/mol. The molecule has 1 atom stereocenters. The fraction of sp³-hybridized carbons (Fsp3) is 0.556. The van der Waals surface area contributed by atoms with Gasteiger partial charge in [0.05, 0.1) is 12.2 Å². The summed E-state index contributed by atoms with van der Waals surface area (Å²) < 4.78 is 1.61. The maximum atomic E-state index is 11.6. The van der Waals surface area contributed by atoms with Crippen LogP contribution in [0.1, 0.15) is 23.5 Å². The van der Waals surface area contributed by atoms with Gasteiger partial charge in [-0.3, -0.25) is 9.59 Å². The van der Waals surface area contributed by atoms with Crippen molar-refractivity contribution in [3.8, 4) is 0 Å². The molecule has 92 valence electrons. The minimum absolute atomic E-state index is 0.130. The van der Waals surface area contributed by atoms with Crippen LogP contribution in [-0.4, -0.2) is 51.1 Å². The highest BCUT2D eigenvalue weighted by Gasteiger charge is 2.22. The summed E-state index contributed by atoms with van der Waals surface area (Å²) in [6.07, 6.45) is 1.52. The summed E-state index contributed by atoms with van der Waals surface area (Å²) in [5, 5.41) is 21.6. The Hall–Kier alpha value is -1.96. The molecule has 3 N–H and O–H groups in total. The van der Waals surface area contributed by atoms with E-state index in [0.717, 1.165) is 13.1 Å². The first-order valence-electron chi connectivity index (χ1n) is 5.24. The Balaban J connectivity index is 1.99. The van der Waals surface area contributed by atoms with Crippen LogP contribution in [-0.2, 0) is 4.79 Å². The van der Waals surface area contributed by atoms with Crippen LogP contribution in [0.4, 0.5) is 0 Å². The number of nitrogens with zero attached hydrogens (tertiary/aromatic N) is 3. The number of carboxylic acid groups (broad SMARTS) is 1. The molecule has 17 heavy (non-hydrogen) atoms. The Morgan fingerprint density at radius 1 is 1.65 bits per heavy atom. The van der Waals surface area contributed by atoms with E-state index in [1.807, 2.05) is 0 Å². The second-order valence-electron chi connectivity index (χ2n) is 3.93. The van der Waals surface area contributed by atoms with E-state index < -0.39 is 17.9 Å². The first-order valence-corrected chi connectivity index (χ1v) is 5.24. The summed E-state index contributed by atoms with van der Waals surface area (Å²) in [4.78, 5) is 22.2. The molecule has 0 aromatic carbocycles. The summed E-state index contributed by atoms with van der Waals surface area (Å²) in [7, 11) is 0. The van der Waals surface area contributed by atoms with Gasteiger partial charge in [0.15, 0.2) is 5.69 Å². The van der Waals surface area contributed by atoms with E-state index in [-0.39, 0.29) is 11.7 Å². The van der Waals surface area contributed by atoms with Gasteiger partial charge < -0.3 is 15.7 Å². The van der Waals surface area contributed by atoms with Gasteiger partial charge in [0.25, 0.3) is 5.91 Å². The maximum Gasteiger partial charge on any atom is 0.325 e. The third kappa shape index (κ3) is 2.41. The molecule has 1 fully saturated rings. The van der Waals surface area contributed by atoms with Crippen molar-refractivity contribution in [3.05, 3.63) is 11.9 Å². The molecule has 0 spiro atoms. The standard InChI is InChI=1S/C9H13N5O3/c1-5(9(16)17)11-8(15)7-4-14(13-12-7)6-2-10-3-6/h4-6,10H,2-3H2,1H3,(H,11,15)(H,16,17)/t5-/m1/s1. The first-order chi connectivity index (χ1) is 8.08. The maximum absolute atomic E-state index is 11.6. The van der Waals surface area contributed by atoms with E-state index in [2.05, 4.69) is 20.9 Å². The van der Waals surface area contributed by atoms with E-state index in [9.17, 15) is 9.59 Å². The highest BCUT2D eigenvalue weighted by Crippen LogP contribution is 2.09. The Morgan fingerprint density at radius 2 is 2.35 bits per heavy atom. The molecule has 8 nitrogen and oxygen atoms in total. The number of carboxylic acids is 1. The SMILES string of the molecule is C[C@@H](NC(=O)c1cn(C2CNC2)nn1)C(=O)O. The minimum Gasteiger partial charge on any atom is -0.480 e. The molecule has 1 amide bonds. The van der Waals surface area contributed by atoms with E-state index in [1.54, 1.807) is 4.68 Å². The fourth-order valence-corrected chi connectivity index (χ4v) is 1.35. The number of hydrogen-bond acceptors (Lipinski definition) is 5. The highest BCUT2D eigenvalue weighted by atomic mass is 16.4. The molecule has 0 saturated carbocycles. The smallest absolute Gasteiger partial charge is 0.325 e. The van der Waals surface area contributed by atoms with Crippen LogP contribution < -0.4 is 10.6 Å². The molecule has 8 heteroatoms. The Labute approximate surface area is 97.0 Å². The van der Waals surface area contributed by atoms with Crippen molar-refractivity contribution >= 4 is 11.9 Å². The predicted molar refractivity (Wildman–Crippen MR) is 56.5 cm³/mol. The molecule has 0 bridgehead atoms. The van der Waals surface area contributed by atoms with Gasteiger partial charge in [0, 0.05) is 13.1 Å². The van der Waals surface area contributed by atoms with Gasteiger partial charge in [0.1, 0.15) is 6.04 Å². The molecule has 0 unspecified atom stereocenters. The molecular formula is C9H13N5O3. The van der Waals surface area contributed by atoms with Gasteiger partial charge >= 0.3 is 5.97 Å². The van der Waals surface area contributed by atoms with Crippen molar-refractivity contribution in [2.24, 2.45) is 0 Å². The third-order valence-corrected chi connectivity index (χ3v) is 2.59. The minimum atomic E-state index is -1.09. The van der Waals surface area contributed by atoms with Crippen molar-refractivity contribution in [3.63, 3.8) is 0 Å². The van der Waals surface area contributed by atoms with Gasteiger partial charge in [-0.15, -0.1) is 5.10 Å². The van der Waals surface area contributed by atoms with Gasteiger partial charge in [0.2, 0.25) is 0 Å². The lowest BCUT2D eigenvalue weighted by atomic mass is 10.2. The highest BCUT2D eigenvalue weighted by molar-refractivity contribution is 5.94. The van der Waals surface area contributed by atoms with Crippen LogP contribution in [0.5, 0.6) is 0 Å². The summed E-state index contributed by atoms with van der Waals surface area (Å²) >= 11 is 0. The Bertz CT molecular complexity index is 440. The van der Waals surface area contributed by atoms with Crippen LogP contribution in [0, 0.1) is 0 Å². The van der Waals surface area contributed by atoms with Crippen molar-refractivity contribution in [1.29, 1.82) is 0 Å². The van der Waals surface area contributed by atoms with Crippen LogP contribution >= 0.6 is 0 Å². The monoisotopic (exact) mass is 239 g/mol. The number of hydrogen-bond donors (Lipinski definition) is 3. The van der Waals surface area contributed by atoms with Crippen LogP contribution in [0.25, 0.3) is 0 Å². The second kappa shape index (κ2) is 4.50. The van der Waals surface area contributed by atoms with Gasteiger partial charge in [-0.1, -0.05) is 5.21 Å². The van der Waals surface area contributed by atoms with Crippen LogP contribution in [0.15, 0.2) is 6.20 Å². The average Bonchev–Trinajstić information content (AvgIpc) is 2.63. The van der Waals surface area contributed by atoms with Gasteiger partial charge in [-0.05, 0) is 6.92 Å². The van der Waals surface area contributed by atoms with Crippen molar-refractivity contribution < 1.29 is 14.7 Å². The molecule has 0 radical (unpaired) electrons. The lowest BCUT2D eigenvalue weighted by molar-refractivity contribution is -0.138. The number of nitrogens with one attached hydrogen (secondary N) is 2. The topological polar surface area (TPSA) is 109 Å². The summed E-state index contributed by atoms with van der Waals surface area (Å²) in [6, 6.07) is -0.723. The van der Waals surface area contributed by atoms with Crippen molar-refractivity contribution in [2.75, 3.05) is 13.1 Å². The molecule has 1 aromatic rings. The zero-order valence-corrected chi connectivity index (χ0v) is 9.25. The number of carbonyl (C=O) groups is 2. The molecule has 1 aliphatic heterocycles. The van der Waals surface area contributed by atoms with Gasteiger partial charge in [-0.25, -0.2) is 4.68 Å². The van der Waals surface area contributed by atoms with Crippen LogP contribution in [0.2, 0.25) is 0 Å².